The molecule has 0 aromatic heterocycles. The van der Waals surface area contributed by atoms with Gasteiger partial charge < -0.3 is 5.11 Å². The number of aliphatic hydroxyl groups is 1. The van der Waals surface area contributed by atoms with Crippen LogP contribution in [0.5, 0.6) is 0 Å². The van der Waals surface area contributed by atoms with E-state index in [1.54, 1.807) is 0 Å². The Morgan fingerprint density at radius 1 is 1.16 bits per heavy atom. The third kappa shape index (κ3) is 6.13. The molecule has 1 aliphatic rings. The van der Waals surface area contributed by atoms with Gasteiger partial charge in [0.25, 0.3) is 0 Å². The van der Waals surface area contributed by atoms with Gasteiger partial charge in [0, 0.05) is 16.0 Å². The number of allylic oxidation sites excluding steroid dienone is 4. The molecule has 1 aromatic carbocycles. The summed E-state index contributed by atoms with van der Waals surface area (Å²) in [6.07, 6.45) is 8.05. The average molecular weight is 352 g/mol. The van der Waals surface area contributed by atoms with Crippen LogP contribution in [0.4, 0.5) is 0 Å². The van der Waals surface area contributed by atoms with E-state index in [0.717, 1.165) is 41.7 Å². The fourth-order valence-electron chi connectivity index (χ4n) is 2.89. The Morgan fingerprint density at radius 3 is 2.56 bits per heavy atom. The van der Waals surface area contributed by atoms with Crippen molar-refractivity contribution < 1.29 is 5.11 Å². The molecule has 2 atom stereocenters. The molecular weight excluding hydrogens is 326 g/mol. The highest BCUT2D eigenvalue weighted by Crippen LogP contribution is 2.27. The summed E-state index contributed by atoms with van der Waals surface area (Å²) in [4.78, 5) is 0.990. The summed E-state index contributed by atoms with van der Waals surface area (Å²) in [6, 6.07) is 5.97. The van der Waals surface area contributed by atoms with Crippen molar-refractivity contribution in [2.75, 3.05) is 0 Å². The number of aryl methyl sites for hydroxylation is 1. The summed E-state index contributed by atoms with van der Waals surface area (Å²) in [6.45, 7) is 6.10. The topological polar surface area (TPSA) is 44.0 Å². The molecule has 0 saturated carbocycles. The van der Waals surface area contributed by atoms with Gasteiger partial charge in [0.1, 0.15) is 5.40 Å². The molecular formula is C22H25NOS. The molecule has 130 valence electrons. The van der Waals surface area contributed by atoms with Crippen molar-refractivity contribution >= 4 is 11.8 Å². The van der Waals surface area contributed by atoms with Crippen LogP contribution >= 0.6 is 11.8 Å². The van der Waals surface area contributed by atoms with E-state index < -0.39 is 0 Å². The van der Waals surface area contributed by atoms with Crippen molar-refractivity contribution in [3.05, 3.63) is 52.6 Å². The number of aliphatic hydroxyl groups excluding tert-OH is 1. The predicted octanol–water partition coefficient (Wildman–Crippen LogP) is 5.36. The molecule has 2 unspecified atom stereocenters. The fourth-order valence-corrected chi connectivity index (χ4v) is 3.34. The molecule has 3 heteroatoms. The summed E-state index contributed by atoms with van der Waals surface area (Å²) in [5.74, 6) is 7.04. The maximum absolute atomic E-state index is 9.42. The number of thiocyanates is 1. The maximum Gasteiger partial charge on any atom is 0.138 e. The van der Waals surface area contributed by atoms with Crippen LogP contribution in [0.1, 0.15) is 50.7 Å². The molecule has 0 fully saturated rings. The van der Waals surface area contributed by atoms with E-state index in [1.165, 1.54) is 22.9 Å². The molecule has 0 radical (unpaired) electrons. The zero-order valence-electron chi connectivity index (χ0n) is 15.2. The van der Waals surface area contributed by atoms with Crippen LogP contribution < -0.4 is 0 Å². The molecule has 0 heterocycles. The van der Waals surface area contributed by atoms with E-state index in [0.29, 0.717) is 5.92 Å². The molecule has 0 bridgehead atoms. The minimum absolute atomic E-state index is 0.218. The second-order valence-electron chi connectivity index (χ2n) is 6.68. The fraction of sp³-hybridized carbons (Fsp3) is 0.409. The first-order chi connectivity index (χ1) is 12.0. The Balaban J connectivity index is 2.02. The molecule has 1 aliphatic carbocycles. The van der Waals surface area contributed by atoms with Crippen molar-refractivity contribution in [2.45, 2.75) is 57.5 Å². The van der Waals surface area contributed by atoms with Crippen LogP contribution in [0.15, 0.2) is 46.4 Å². The number of hydrogen-bond acceptors (Lipinski definition) is 3. The lowest BCUT2D eigenvalue weighted by molar-refractivity contribution is 0.176. The van der Waals surface area contributed by atoms with Gasteiger partial charge in [-0.15, -0.1) is 0 Å². The van der Waals surface area contributed by atoms with Crippen molar-refractivity contribution in [1.82, 2.24) is 0 Å². The Morgan fingerprint density at radius 2 is 1.96 bits per heavy atom. The van der Waals surface area contributed by atoms with E-state index in [1.807, 2.05) is 32.0 Å². The van der Waals surface area contributed by atoms with Crippen molar-refractivity contribution in [3.63, 3.8) is 0 Å². The number of nitrogens with zero attached hydrogens (tertiary/aromatic N) is 1. The lowest BCUT2D eigenvalue weighted by atomic mass is 9.87. The van der Waals surface area contributed by atoms with Gasteiger partial charge >= 0.3 is 0 Å². The molecule has 2 rings (SSSR count). The first-order valence-corrected chi connectivity index (χ1v) is 9.57. The summed E-state index contributed by atoms with van der Waals surface area (Å²) in [5.41, 5.74) is 4.70. The van der Waals surface area contributed by atoms with Crippen molar-refractivity contribution in [1.29, 1.82) is 5.26 Å². The van der Waals surface area contributed by atoms with E-state index in [4.69, 9.17) is 5.26 Å². The highest BCUT2D eigenvalue weighted by atomic mass is 32.2. The van der Waals surface area contributed by atoms with Crippen molar-refractivity contribution in [3.8, 4) is 17.2 Å². The summed E-state index contributed by atoms with van der Waals surface area (Å²) in [5, 5.41) is 20.3. The number of hydrogen-bond donors (Lipinski definition) is 1. The molecule has 0 aliphatic heterocycles. The van der Waals surface area contributed by atoms with Crippen molar-refractivity contribution in [2.24, 2.45) is 5.92 Å². The van der Waals surface area contributed by atoms with Gasteiger partial charge in [-0.1, -0.05) is 36.5 Å². The smallest absolute Gasteiger partial charge is 0.138 e. The van der Waals surface area contributed by atoms with Crippen LogP contribution in [0.2, 0.25) is 0 Å². The molecule has 0 amide bonds. The molecule has 1 N–H and O–H groups in total. The van der Waals surface area contributed by atoms with E-state index in [2.05, 4.69) is 36.3 Å². The molecule has 2 nitrogen and oxygen atoms in total. The minimum atomic E-state index is -0.218. The van der Waals surface area contributed by atoms with Crippen LogP contribution in [0.3, 0.4) is 0 Å². The lowest BCUT2D eigenvalue weighted by Crippen LogP contribution is -2.07. The van der Waals surface area contributed by atoms with Crippen LogP contribution in [-0.2, 0) is 0 Å². The summed E-state index contributed by atoms with van der Waals surface area (Å²) < 4.78 is 0. The van der Waals surface area contributed by atoms with Crippen LogP contribution in [0, 0.1) is 35.3 Å². The monoisotopic (exact) mass is 351 g/mol. The number of benzene rings is 1. The Labute approximate surface area is 155 Å². The van der Waals surface area contributed by atoms with E-state index in [9.17, 15) is 5.11 Å². The zero-order valence-corrected chi connectivity index (χ0v) is 16.0. The van der Waals surface area contributed by atoms with Crippen LogP contribution in [-0.4, -0.2) is 11.2 Å². The molecule has 0 saturated heterocycles. The summed E-state index contributed by atoms with van der Waals surface area (Å²) in [7, 11) is 0. The maximum atomic E-state index is 9.42. The standard InChI is InChI=1S/C22H25NOS/c1-16(4-5-18(3)24)21-11-8-19(9-12-21)6-7-20-10-13-22(25-15-23)17(2)14-20/h8,10-11,13-14,16,18,24H,4-5,9,12H2,1-3H3. The third-order valence-corrected chi connectivity index (χ3v) is 5.30. The number of rotatable bonds is 5. The largest absolute Gasteiger partial charge is 0.393 e. The van der Waals surface area contributed by atoms with Gasteiger partial charge in [0.15, 0.2) is 0 Å². The first-order valence-electron chi connectivity index (χ1n) is 8.76. The normalized spacial score (nSPS) is 16.0. The molecule has 0 spiro atoms. The Kier molecular flexibility index (Phi) is 7.38. The highest BCUT2D eigenvalue weighted by Gasteiger charge is 2.13. The van der Waals surface area contributed by atoms with Gasteiger partial charge in [-0.25, -0.2) is 0 Å². The van der Waals surface area contributed by atoms with E-state index >= 15 is 0 Å². The van der Waals surface area contributed by atoms with Gasteiger partial charge in [0.2, 0.25) is 0 Å². The Bertz CT molecular complexity index is 771. The second-order valence-corrected chi connectivity index (χ2v) is 7.51. The second kappa shape index (κ2) is 9.52. The molecule has 25 heavy (non-hydrogen) atoms. The first kappa shape index (κ1) is 19.4. The predicted molar refractivity (Wildman–Crippen MR) is 105 cm³/mol. The number of nitriles is 1. The lowest BCUT2D eigenvalue weighted by Gasteiger charge is -2.19. The quantitative estimate of drug-likeness (QED) is 0.441. The zero-order chi connectivity index (χ0) is 18.2. The average Bonchev–Trinajstić information content (AvgIpc) is 2.60. The summed E-state index contributed by atoms with van der Waals surface area (Å²) >= 11 is 1.19. The minimum Gasteiger partial charge on any atom is -0.393 e. The van der Waals surface area contributed by atoms with Gasteiger partial charge in [-0.2, -0.15) is 5.26 Å². The van der Waals surface area contributed by atoms with E-state index in [-0.39, 0.29) is 6.10 Å². The third-order valence-electron chi connectivity index (χ3n) is 4.53. The SMILES string of the molecule is Cc1cc(C#CC2=CC=C(C(C)CCC(C)O)CC2)ccc1SC#N. The van der Waals surface area contributed by atoms with Gasteiger partial charge in [0.05, 0.1) is 6.10 Å². The number of thioether (sulfide) groups is 1. The van der Waals surface area contributed by atoms with Crippen LogP contribution in [0.25, 0.3) is 0 Å². The highest BCUT2D eigenvalue weighted by molar-refractivity contribution is 8.03. The van der Waals surface area contributed by atoms with Gasteiger partial charge in [-0.3, -0.25) is 0 Å². The Hall–Kier alpha value is -1.94. The molecule has 1 aromatic rings. The van der Waals surface area contributed by atoms with Gasteiger partial charge in [-0.05, 0) is 81.0 Å².